The Hall–Kier alpha value is -1.37. The van der Waals surface area contributed by atoms with Crippen molar-refractivity contribution < 1.29 is 4.79 Å². The summed E-state index contributed by atoms with van der Waals surface area (Å²) in [5, 5.41) is 0. The molecule has 0 aromatic rings. The van der Waals surface area contributed by atoms with E-state index in [4.69, 9.17) is 0 Å². The van der Waals surface area contributed by atoms with E-state index in [2.05, 4.69) is 43.4 Å². The van der Waals surface area contributed by atoms with Gasteiger partial charge in [-0.1, -0.05) is 68.7 Å². The first-order valence-corrected chi connectivity index (χ1v) is 8.88. The molecule has 0 unspecified atom stereocenters. The maximum absolute atomic E-state index is 10.4. The maximum atomic E-state index is 10.4. The van der Waals surface area contributed by atoms with E-state index >= 15 is 0 Å². The van der Waals surface area contributed by atoms with Gasteiger partial charge in [0, 0.05) is 0 Å². The van der Waals surface area contributed by atoms with E-state index in [1.807, 2.05) is 13.0 Å². The highest BCUT2D eigenvalue weighted by atomic mass is 16.1. The van der Waals surface area contributed by atoms with Crippen LogP contribution in [0.2, 0.25) is 0 Å². The summed E-state index contributed by atoms with van der Waals surface area (Å²) in [4.78, 5) is 10.4. The smallest absolute Gasteiger partial charge is 0.145 e. The van der Waals surface area contributed by atoms with Crippen molar-refractivity contribution in [3.8, 4) is 0 Å². The first kappa shape index (κ1) is 20.6. The molecule has 0 saturated heterocycles. The van der Waals surface area contributed by atoms with Gasteiger partial charge in [-0.3, -0.25) is 4.79 Å². The van der Waals surface area contributed by atoms with Gasteiger partial charge in [-0.2, -0.15) is 0 Å². The van der Waals surface area contributed by atoms with Crippen LogP contribution >= 0.6 is 0 Å². The van der Waals surface area contributed by atoms with Crippen LogP contribution in [0.5, 0.6) is 0 Å². The van der Waals surface area contributed by atoms with E-state index in [-0.39, 0.29) is 0 Å². The number of unbranched alkanes of at least 4 members (excludes halogenated alkanes) is 6. The van der Waals surface area contributed by atoms with Crippen LogP contribution in [0.4, 0.5) is 0 Å². The second-order valence-corrected chi connectivity index (χ2v) is 5.70. The summed E-state index contributed by atoms with van der Waals surface area (Å²) in [6, 6.07) is 0. The average Bonchev–Trinajstić information content (AvgIpc) is 2.54. The topological polar surface area (TPSA) is 17.1 Å². The van der Waals surface area contributed by atoms with E-state index in [0.29, 0.717) is 0 Å². The summed E-state index contributed by atoms with van der Waals surface area (Å²) in [5.74, 6) is 0. The Balaban J connectivity index is 3.30. The van der Waals surface area contributed by atoms with Gasteiger partial charge in [0.05, 0.1) is 0 Å². The molecule has 0 bridgehead atoms. The van der Waals surface area contributed by atoms with Crippen molar-refractivity contribution in [3.63, 3.8) is 0 Å². The molecular weight excluding hydrogens is 268 g/mol. The minimum Gasteiger partial charge on any atom is -0.298 e. The van der Waals surface area contributed by atoms with Crippen molar-refractivity contribution in [3.05, 3.63) is 48.1 Å². The summed E-state index contributed by atoms with van der Waals surface area (Å²) in [6.45, 7) is 4.03. The van der Waals surface area contributed by atoms with Gasteiger partial charge in [0.15, 0.2) is 0 Å². The van der Waals surface area contributed by atoms with Crippen LogP contribution in [0.3, 0.4) is 0 Å². The molecule has 1 heteroatoms. The molecule has 0 amide bonds. The number of aldehydes is 1. The van der Waals surface area contributed by atoms with E-state index < -0.39 is 0 Å². The Kier molecular flexibility index (Phi) is 16.6. The molecule has 0 N–H and O–H groups in total. The maximum Gasteiger partial charge on any atom is 0.145 e. The third-order valence-corrected chi connectivity index (χ3v) is 3.51. The Bertz CT molecular complexity index is 358. The predicted molar refractivity (Wildman–Crippen MR) is 99.1 cm³/mol. The predicted octanol–water partition coefficient (Wildman–Crippen LogP) is 6.72. The first-order chi connectivity index (χ1) is 10.8. The van der Waals surface area contributed by atoms with Gasteiger partial charge >= 0.3 is 0 Å². The van der Waals surface area contributed by atoms with Gasteiger partial charge in [0.25, 0.3) is 0 Å². The van der Waals surface area contributed by atoms with Gasteiger partial charge in [-0.05, 0) is 57.4 Å². The zero-order chi connectivity index (χ0) is 16.3. The minimum atomic E-state index is 0.862. The van der Waals surface area contributed by atoms with Crippen molar-refractivity contribution in [1.29, 1.82) is 0 Å². The van der Waals surface area contributed by atoms with Crippen LogP contribution in [0.1, 0.15) is 78.1 Å². The van der Waals surface area contributed by atoms with Gasteiger partial charge in [-0.25, -0.2) is 0 Å². The normalized spacial score (nSPS) is 12.9. The van der Waals surface area contributed by atoms with Gasteiger partial charge in [0.2, 0.25) is 0 Å². The zero-order valence-electron chi connectivity index (χ0n) is 14.6. The Labute approximate surface area is 137 Å². The van der Waals surface area contributed by atoms with Crippen LogP contribution < -0.4 is 0 Å². The molecular formula is C21H34O. The van der Waals surface area contributed by atoms with Crippen LogP contribution in [-0.2, 0) is 4.79 Å². The average molecular weight is 303 g/mol. The third kappa shape index (κ3) is 16.7. The zero-order valence-corrected chi connectivity index (χ0v) is 14.6. The third-order valence-electron chi connectivity index (χ3n) is 3.51. The molecule has 0 fully saturated rings. The van der Waals surface area contributed by atoms with Gasteiger partial charge < -0.3 is 0 Å². The number of hydrogen-bond acceptors (Lipinski definition) is 1. The lowest BCUT2D eigenvalue weighted by Crippen LogP contribution is -1.80. The van der Waals surface area contributed by atoms with E-state index in [9.17, 15) is 4.79 Å². The van der Waals surface area contributed by atoms with E-state index in [1.54, 1.807) is 0 Å². The largest absolute Gasteiger partial charge is 0.298 e. The quantitative estimate of drug-likeness (QED) is 0.151. The van der Waals surface area contributed by atoms with Crippen LogP contribution in [0.25, 0.3) is 0 Å². The van der Waals surface area contributed by atoms with Crippen LogP contribution in [0, 0.1) is 0 Å². The second-order valence-electron chi connectivity index (χ2n) is 5.70. The fourth-order valence-electron chi connectivity index (χ4n) is 2.14. The van der Waals surface area contributed by atoms with Crippen molar-refractivity contribution in [2.24, 2.45) is 0 Å². The summed E-state index contributed by atoms with van der Waals surface area (Å²) in [6.07, 6.45) is 28.4. The Morgan fingerprint density at radius 3 is 1.91 bits per heavy atom. The molecule has 0 aromatic heterocycles. The summed E-state index contributed by atoms with van der Waals surface area (Å²) >= 11 is 0. The van der Waals surface area contributed by atoms with Crippen molar-refractivity contribution >= 4 is 6.29 Å². The number of rotatable bonds is 14. The monoisotopic (exact) mass is 302 g/mol. The second kappa shape index (κ2) is 17.7. The molecule has 0 aliphatic rings. The summed E-state index contributed by atoms with van der Waals surface area (Å²) < 4.78 is 0. The number of hydrogen-bond donors (Lipinski definition) is 0. The molecule has 0 spiro atoms. The fourth-order valence-corrected chi connectivity index (χ4v) is 2.14. The van der Waals surface area contributed by atoms with Crippen molar-refractivity contribution in [1.82, 2.24) is 0 Å². The van der Waals surface area contributed by atoms with E-state index in [1.165, 1.54) is 38.5 Å². The van der Waals surface area contributed by atoms with Crippen molar-refractivity contribution in [2.45, 2.75) is 78.1 Å². The SMILES string of the molecule is CC/C=C\C/C=C\C/C=C\CCCCCCC/C=C(\C)C=O. The standard InChI is InChI=1S/C21H34O/c1-3-4-5-6-7-8-9-10-11-12-13-14-15-16-17-18-19-21(2)20-22/h4-5,7-8,10-11,19-20H,3,6,9,12-18H2,1-2H3/b5-4-,8-7-,11-10-,21-19+. The molecule has 0 aliphatic heterocycles. The highest BCUT2D eigenvalue weighted by Gasteiger charge is 1.90. The molecule has 0 heterocycles. The molecule has 0 atom stereocenters. The molecule has 0 aliphatic carbocycles. The van der Waals surface area contributed by atoms with Gasteiger partial charge in [-0.15, -0.1) is 0 Å². The Morgan fingerprint density at radius 2 is 1.27 bits per heavy atom. The van der Waals surface area contributed by atoms with Crippen molar-refractivity contribution in [2.75, 3.05) is 0 Å². The highest BCUT2D eigenvalue weighted by molar-refractivity contribution is 5.71. The van der Waals surface area contributed by atoms with Crippen LogP contribution in [-0.4, -0.2) is 6.29 Å². The number of carbonyl (C=O) groups is 1. The summed E-state index contributed by atoms with van der Waals surface area (Å²) in [5.41, 5.74) is 0.862. The minimum absolute atomic E-state index is 0.862. The molecule has 1 nitrogen and oxygen atoms in total. The number of allylic oxidation sites excluding steroid dienone is 8. The highest BCUT2D eigenvalue weighted by Crippen LogP contribution is 2.09. The van der Waals surface area contributed by atoms with Crippen LogP contribution in [0.15, 0.2) is 48.1 Å². The summed E-state index contributed by atoms with van der Waals surface area (Å²) in [7, 11) is 0. The first-order valence-electron chi connectivity index (χ1n) is 8.88. The molecule has 22 heavy (non-hydrogen) atoms. The molecule has 0 rings (SSSR count). The lowest BCUT2D eigenvalue weighted by atomic mass is 10.1. The van der Waals surface area contributed by atoms with E-state index in [0.717, 1.165) is 37.5 Å². The fraction of sp³-hybridized carbons (Fsp3) is 0.571. The lowest BCUT2D eigenvalue weighted by Gasteiger charge is -1.98. The lowest BCUT2D eigenvalue weighted by molar-refractivity contribution is -0.104. The molecule has 124 valence electrons. The number of carbonyl (C=O) groups excluding carboxylic acids is 1. The molecule has 0 aromatic carbocycles. The molecule has 0 saturated carbocycles. The Morgan fingerprint density at radius 1 is 0.727 bits per heavy atom. The molecule has 0 radical (unpaired) electrons. The van der Waals surface area contributed by atoms with Gasteiger partial charge in [0.1, 0.15) is 6.29 Å².